The zero-order valence-corrected chi connectivity index (χ0v) is 18.6. The molecule has 0 saturated carbocycles. The molecule has 2 aromatic carbocycles. The van der Waals surface area contributed by atoms with Crippen molar-refractivity contribution in [2.45, 2.75) is 40.7 Å². The summed E-state index contributed by atoms with van der Waals surface area (Å²) < 4.78 is 14.1. The zero-order chi connectivity index (χ0) is 21.0. The summed E-state index contributed by atoms with van der Waals surface area (Å²) in [5.41, 5.74) is 5.52. The fraction of sp³-hybridized carbons (Fsp3) is 0.391. The molecule has 5 nitrogen and oxygen atoms in total. The Morgan fingerprint density at radius 1 is 1.10 bits per heavy atom. The Labute approximate surface area is 175 Å². The van der Waals surface area contributed by atoms with Crippen molar-refractivity contribution in [3.8, 4) is 5.75 Å². The summed E-state index contributed by atoms with van der Waals surface area (Å²) in [6.45, 7) is 10.1. The minimum Gasteiger partial charge on any atom is -0.496 e. The number of aromatic nitrogens is 1. The minimum absolute atomic E-state index is 0.153. The number of carbonyl (C=O) groups excluding carboxylic acids is 1. The second-order valence-corrected chi connectivity index (χ2v) is 8.13. The van der Waals surface area contributed by atoms with E-state index in [-0.39, 0.29) is 12.3 Å². The van der Waals surface area contributed by atoms with Crippen LogP contribution in [0.1, 0.15) is 29.2 Å². The molecular weight excluding hydrogens is 384 g/mol. The third kappa shape index (κ3) is 4.95. The van der Waals surface area contributed by atoms with Gasteiger partial charge in [-0.3, -0.25) is 4.79 Å². The third-order valence-electron chi connectivity index (χ3n) is 5.00. The summed E-state index contributed by atoms with van der Waals surface area (Å²) in [5.74, 6) is 0.668. The van der Waals surface area contributed by atoms with Crippen LogP contribution >= 0.6 is 11.3 Å². The number of ether oxygens (including phenoxy) is 2. The topological polar surface area (TPSA) is 52.8 Å². The van der Waals surface area contributed by atoms with Crippen LogP contribution in [-0.2, 0) is 22.5 Å². The maximum atomic E-state index is 12.7. The summed E-state index contributed by atoms with van der Waals surface area (Å²) in [4.78, 5) is 17.9. The van der Waals surface area contributed by atoms with Gasteiger partial charge in [0.2, 0.25) is 0 Å². The molecule has 0 unspecified atom stereocenters. The van der Waals surface area contributed by atoms with Gasteiger partial charge in [0, 0.05) is 13.2 Å². The van der Waals surface area contributed by atoms with E-state index >= 15 is 0 Å². The Balaban J connectivity index is 1.95. The van der Waals surface area contributed by atoms with Gasteiger partial charge in [-0.25, -0.2) is 0 Å². The summed E-state index contributed by atoms with van der Waals surface area (Å²) in [7, 11) is 1.65. The highest BCUT2D eigenvalue weighted by atomic mass is 32.1. The van der Waals surface area contributed by atoms with Crippen LogP contribution in [-0.4, -0.2) is 30.8 Å². The van der Waals surface area contributed by atoms with E-state index < -0.39 is 0 Å². The Hall–Kier alpha value is -2.44. The van der Waals surface area contributed by atoms with E-state index in [2.05, 4.69) is 35.5 Å². The molecule has 0 atom stereocenters. The van der Waals surface area contributed by atoms with E-state index in [1.807, 2.05) is 32.0 Å². The Morgan fingerprint density at radius 3 is 2.55 bits per heavy atom. The molecule has 1 heterocycles. The number of hydrogen-bond acceptors (Lipinski definition) is 4. The smallest absolute Gasteiger partial charge is 0.252 e. The molecule has 0 aliphatic heterocycles. The fourth-order valence-corrected chi connectivity index (χ4v) is 4.45. The number of nitrogens with zero attached hydrogens (tertiary/aromatic N) is 2. The van der Waals surface area contributed by atoms with Gasteiger partial charge in [-0.05, 0) is 68.1 Å². The number of rotatable bonds is 7. The van der Waals surface area contributed by atoms with E-state index in [0.29, 0.717) is 19.8 Å². The second-order valence-electron chi connectivity index (χ2n) is 7.12. The largest absolute Gasteiger partial charge is 0.496 e. The summed E-state index contributed by atoms with van der Waals surface area (Å²) in [6, 6.07) is 10.1. The number of aryl methyl sites for hydroxylation is 3. The van der Waals surface area contributed by atoms with E-state index in [9.17, 15) is 4.79 Å². The van der Waals surface area contributed by atoms with Gasteiger partial charge in [-0.2, -0.15) is 4.99 Å². The van der Waals surface area contributed by atoms with E-state index in [1.165, 1.54) is 11.1 Å². The molecule has 0 N–H and O–H groups in total. The lowest BCUT2D eigenvalue weighted by molar-refractivity contribution is -0.117. The van der Waals surface area contributed by atoms with Gasteiger partial charge in [0.1, 0.15) is 5.75 Å². The quantitative estimate of drug-likeness (QED) is 0.542. The number of benzene rings is 2. The molecule has 29 heavy (non-hydrogen) atoms. The summed E-state index contributed by atoms with van der Waals surface area (Å²) >= 11 is 1.55. The van der Waals surface area contributed by atoms with E-state index in [0.717, 1.165) is 31.9 Å². The monoisotopic (exact) mass is 412 g/mol. The van der Waals surface area contributed by atoms with Crippen molar-refractivity contribution in [2.24, 2.45) is 4.99 Å². The first-order valence-corrected chi connectivity index (χ1v) is 10.6. The lowest BCUT2D eigenvalue weighted by Gasteiger charge is -2.07. The van der Waals surface area contributed by atoms with Crippen molar-refractivity contribution < 1.29 is 14.3 Å². The van der Waals surface area contributed by atoms with Crippen LogP contribution in [0.2, 0.25) is 0 Å². The molecule has 1 amide bonds. The van der Waals surface area contributed by atoms with Gasteiger partial charge in [0.05, 0.1) is 30.4 Å². The van der Waals surface area contributed by atoms with Crippen LogP contribution in [0.25, 0.3) is 10.2 Å². The lowest BCUT2D eigenvalue weighted by atomic mass is 10.1. The molecule has 1 aromatic heterocycles. The van der Waals surface area contributed by atoms with Crippen molar-refractivity contribution in [2.75, 3.05) is 20.3 Å². The maximum absolute atomic E-state index is 12.7. The molecule has 0 aliphatic rings. The molecule has 0 fully saturated rings. The lowest BCUT2D eigenvalue weighted by Crippen LogP contribution is -2.20. The molecule has 0 spiro atoms. The standard InChI is InChI=1S/C23H28N2O3S/c1-6-28-10-9-25-19-12-15(2)16(3)13-21(19)29-23(25)24-22(26)14-18-7-8-20(27-5)17(4)11-18/h7-8,11-13H,6,9-10,14H2,1-5H3. The highest BCUT2D eigenvalue weighted by Gasteiger charge is 2.11. The third-order valence-corrected chi connectivity index (χ3v) is 6.04. The highest BCUT2D eigenvalue weighted by molar-refractivity contribution is 7.16. The van der Waals surface area contributed by atoms with Crippen LogP contribution in [0.3, 0.4) is 0 Å². The van der Waals surface area contributed by atoms with Crippen molar-refractivity contribution in [1.29, 1.82) is 0 Å². The molecule has 3 aromatic rings. The number of fused-ring (bicyclic) bond motifs is 1. The van der Waals surface area contributed by atoms with Crippen LogP contribution in [0.15, 0.2) is 35.3 Å². The molecule has 154 valence electrons. The van der Waals surface area contributed by atoms with Crippen LogP contribution in [0.4, 0.5) is 0 Å². The number of thiazole rings is 1. The van der Waals surface area contributed by atoms with Crippen LogP contribution in [0.5, 0.6) is 5.75 Å². The SMILES string of the molecule is CCOCCn1c(=NC(=O)Cc2ccc(OC)c(C)c2)sc2cc(C)c(C)cc21. The second kappa shape index (κ2) is 9.37. The van der Waals surface area contributed by atoms with E-state index in [4.69, 9.17) is 9.47 Å². The Bertz CT molecular complexity index is 1100. The van der Waals surface area contributed by atoms with Gasteiger partial charge in [-0.15, -0.1) is 0 Å². The van der Waals surface area contributed by atoms with Gasteiger partial charge >= 0.3 is 0 Å². The predicted octanol–water partition coefficient (Wildman–Crippen LogP) is 4.34. The fourth-order valence-electron chi connectivity index (χ4n) is 3.29. The molecule has 0 aliphatic carbocycles. The summed E-state index contributed by atoms with van der Waals surface area (Å²) in [6.07, 6.45) is 0.266. The van der Waals surface area contributed by atoms with Gasteiger partial charge in [-0.1, -0.05) is 23.5 Å². The first-order valence-electron chi connectivity index (χ1n) is 9.82. The highest BCUT2D eigenvalue weighted by Crippen LogP contribution is 2.22. The zero-order valence-electron chi connectivity index (χ0n) is 17.7. The average Bonchev–Trinajstić information content (AvgIpc) is 2.98. The molecule has 3 rings (SSSR count). The molecule has 0 radical (unpaired) electrons. The van der Waals surface area contributed by atoms with Crippen molar-refractivity contribution in [3.63, 3.8) is 0 Å². The Kier molecular flexibility index (Phi) is 6.87. The molecule has 6 heteroatoms. The predicted molar refractivity (Wildman–Crippen MR) is 118 cm³/mol. The Morgan fingerprint density at radius 2 is 1.86 bits per heavy atom. The van der Waals surface area contributed by atoms with Crippen LogP contribution in [0, 0.1) is 20.8 Å². The first kappa shape index (κ1) is 21.3. The molecule has 0 bridgehead atoms. The number of methoxy groups -OCH3 is 1. The van der Waals surface area contributed by atoms with Crippen molar-refractivity contribution in [3.05, 3.63) is 57.4 Å². The van der Waals surface area contributed by atoms with Crippen molar-refractivity contribution in [1.82, 2.24) is 4.57 Å². The number of hydrogen-bond donors (Lipinski definition) is 0. The van der Waals surface area contributed by atoms with Gasteiger partial charge in [0.15, 0.2) is 4.80 Å². The number of carbonyl (C=O) groups is 1. The molecular formula is C23H28N2O3S. The minimum atomic E-state index is -0.153. The van der Waals surface area contributed by atoms with Gasteiger partial charge in [0.25, 0.3) is 5.91 Å². The van der Waals surface area contributed by atoms with Gasteiger partial charge < -0.3 is 14.0 Å². The number of amides is 1. The first-order chi connectivity index (χ1) is 13.9. The normalized spacial score (nSPS) is 12.0. The average molecular weight is 413 g/mol. The van der Waals surface area contributed by atoms with Crippen molar-refractivity contribution >= 4 is 27.5 Å². The molecule has 0 saturated heterocycles. The summed E-state index contributed by atoms with van der Waals surface area (Å²) in [5, 5.41) is 0. The van der Waals surface area contributed by atoms with Crippen LogP contribution < -0.4 is 9.54 Å². The maximum Gasteiger partial charge on any atom is 0.252 e. The van der Waals surface area contributed by atoms with E-state index in [1.54, 1.807) is 18.4 Å².